The molecular formula is C11H16ClN3O2. The fourth-order valence-corrected chi connectivity index (χ4v) is 1.87. The molecular weight excluding hydrogens is 242 g/mol. The summed E-state index contributed by atoms with van der Waals surface area (Å²) in [6.07, 6.45) is 0. The number of nitrogens with zero attached hydrogens (tertiary/aromatic N) is 1. The Bertz CT molecular complexity index is 437. The maximum Gasteiger partial charge on any atom is 0.250 e. The molecule has 0 aliphatic carbocycles. The summed E-state index contributed by atoms with van der Waals surface area (Å²) in [5, 5.41) is 9.45. The minimum absolute atomic E-state index is 0.0601. The molecule has 1 aromatic carbocycles. The number of rotatable bonds is 4. The topological polar surface area (TPSA) is 92.6 Å². The van der Waals surface area contributed by atoms with E-state index in [9.17, 15) is 4.79 Å². The van der Waals surface area contributed by atoms with E-state index < -0.39 is 5.91 Å². The molecule has 5 nitrogen and oxygen atoms in total. The lowest BCUT2D eigenvalue weighted by molar-refractivity contribution is 0.100. The van der Waals surface area contributed by atoms with E-state index in [4.69, 9.17) is 28.2 Å². The van der Waals surface area contributed by atoms with Gasteiger partial charge in [0.05, 0.1) is 22.9 Å². The quantitative estimate of drug-likeness (QED) is 0.697. The van der Waals surface area contributed by atoms with Crippen molar-refractivity contribution in [2.75, 3.05) is 24.3 Å². The van der Waals surface area contributed by atoms with Crippen LogP contribution >= 0.6 is 11.6 Å². The molecule has 0 saturated heterocycles. The first kappa shape index (κ1) is 13.6. The predicted octanol–water partition coefficient (Wildman–Crippen LogP) is 0.838. The van der Waals surface area contributed by atoms with Crippen molar-refractivity contribution in [1.82, 2.24) is 0 Å². The first-order valence-corrected chi connectivity index (χ1v) is 5.48. The molecule has 0 bridgehead atoms. The van der Waals surface area contributed by atoms with Crippen LogP contribution < -0.4 is 16.4 Å². The number of primary amides is 1. The largest absolute Gasteiger partial charge is 0.399 e. The Morgan fingerprint density at radius 1 is 1.59 bits per heavy atom. The average molecular weight is 258 g/mol. The summed E-state index contributed by atoms with van der Waals surface area (Å²) in [6.45, 7) is 1.74. The number of hydrogen-bond donors (Lipinski definition) is 3. The molecule has 1 unspecified atom stereocenters. The van der Waals surface area contributed by atoms with Gasteiger partial charge in [-0.25, -0.2) is 0 Å². The van der Waals surface area contributed by atoms with Gasteiger partial charge >= 0.3 is 0 Å². The third kappa shape index (κ3) is 2.81. The highest BCUT2D eigenvalue weighted by molar-refractivity contribution is 6.34. The smallest absolute Gasteiger partial charge is 0.250 e. The molecule has 0 aliphatic heterocycles. The molecule has 0 radical (unpaired) electrons. The van der Waals surface area contributed by atoms with Crippen molar-refractivity contribution in [3.8, 4) is 0 Å². The van der Waals surface area contributed by atoms with Gasteiger partial charge in [-0.05, 0) is 19.1 Å². The second-order valence-electron chi connectivity index (χ2n) is 3.91. The summed E-state index contributed by atoms with van der Waals surface area (Å²) in [6, 6.07) is 2.84. The molecule has 6 heteroatoms. The Morgan fingerprint density at radius 3 is 2.65 bits per heavy atom. The fraction of sp³-hybridized carbons (Fsp3) is 0.364. The van der Waals surface area contributed by atoms with E-state index in [1.807, 2.05) is 0 Å². The maximum absolute atomic E-state index is 11.4. The van der Waals surface area contributed by atoms with Crippen LogP contribution in [0.5, 0.6) is 0 Å². The minimum Gasteiger partial charge on any atom is -0.399 e. The van der Waals surface area contributed by atoms with Crippen molar-refractivity contribution in [1.29, 1.82) is 0 Å². The van der Waals surface area contributed by atoms with E-state index in [0.29, 0.717) is 16.4 Å². The van der Waals surface area contributed by atoms with Gasteiger partial charge in [0.15, 0.2) is 0 Å². The van der Waals surface area contributed by atoms with Crippen molar-refractivity contribution < 1.29 is 9.90 Å². The highest BCUT2D eigenvalue weighted by Gasteiger charge is 2.19. The molecule has 0 aromatic heterocycles. The van der Waals surface area contributed by atoms with Crippen molar-refractivity contribution in [2.45, 2.75) is 13.0 Å². The summed E-state index contributed by atoms with van der Waals surface area (Å²) in [5.41, 5.74) is 12.0. The SMILES string of the molecule is CC(CO)N(C)c1c(Cl)cc(N)cc1C(N)=O. The highest BCUT2D eigenvalue weighted by atomic mass is 35.5. The van der Waals surface area contributed by atoms with Crippen LogP contribution in [0.15, 0.2) is 12.1 Å². The summed E-state index contributed by atoms with van der Waals surface area (Å²) in [4.78, 5) is 13.1. The number of nitrogen functional groups attached to an aromatic ring is 1. The molecule has 1 rings (SSSR count). The molecule has 0 spiro atoms. The summed E-state index contributed by atoms with van der Waals surface area (Å²) < 4.78 is 0. The zero-order valence-electron chi connectivity index (χ0n) is 9.77. The van der Waals surface area contributed by atoms with Crippen LogP contribution in [0.2, 0.25) is 5.02 Å². The first-order chi connectivity index (χ1) is 7.88. The van der Waals surface area contributed by atoms with Crippen molar-refractivity contribution >= 4 is 28.9 Å². The lowest BCUT2D eigenvalue weighted by atomic mass is 10.1. The normalized spacial score (nSPS) is 12.2. The number of hydrogen-bond acceptors (Lipinski definition) is 4. The standard InChI is InChI=1S/C11H16ClN3O2/c1-6(5-16)15(2)10-8(11(14)17)3-7(13)4-9(10)12/h3-4,6,16H,5,13H2,1-2H3,(H2,14,17). The van der Waals surface area contributed by atoms with Gasteiger partial charge in [-0.2, -0.15) is 0 Å². The van der Waals surface area contributed by atoms with Crippen LogP contribution in [-0.4, -0.2) is 30.7 Å². The van der Waals surface area contributed by atoms with Crippen LogP contribution in [0.3, 0.4) is 0 Å². The maximum atomic E-state index is 11.4. The van der Waals surface area contributed by atoms with E-state index in [2.05, 4.69) is 0 Å². The van der Waals surface area contributed by atoms with Crippen LogP contribution in [0.4, 0.5) is 11.4 Å². The fourth-order valence-electron chi connectivity index (χ4n) is 1.51. The Balaban J connectivity index is 3.35. The lowest BCUT2D eigenvalue weighted by Crippen LogP contribution is -2.34. The number of halogens is 1. The van der Waals surface area contributed by atoms with Crippen molar-refractivity contribution in [2.24, 2.45) is 5.73 Å². The number of aliphatic hydroxyl groups is 1. The van der Waals surface area contributed by atoms with Crippen molar-refractivity contribution in [3.63, 3.8) is 0 Å². The van der Waals surface area contributed by atoms with Gasteiger partial charge in [-0.1, -0.05) is 11.6 Å². The monoisotopic (exact) mass is 257 g/mol. The van der Waals surface area contributed by atoms with Gasteiger partial charge in [0.2, 0.25) is 0 Å². The number of nitrogens with two attached hydrogens (primary N) is 2. The molecule has 0 aliphatic rings. The molecule has 0 fully saturated rings. The van der Waals surface area contributed by atoms with E-state index >= 15 is 0 Å². The van der Waals surface area contributed by atoms with Gasteiger partial charge in [0, 0.05) is 18.8 Å². The number of anilines is 2. The number of likely N-dealkylation sites (N-methyl/N-ethyl adjacent to an activating group) is 1. The average Bonchev–Trinajstić information content (AvgIpc) is 2.26. The van der Waals surface area contributed by atoms with Crippen LogP contribution in [0.1, 0.15) is 17.3 Å². The van der Waals surface area contributed by atoms with Crippen LogP contribution in [0.25, 0.3) is 0 Å². The van der Waals surface area contributed by atoms with Gasteiger partial charge in [-0.3, -0.25) is 4.79 Å². The second-order valence-corrected chi connectivity index (χ2v) is 4.31. The van der Waals surface area contributed by atoms with Crippen LogP contribution in [-0.2, 0) is 0 Å². The number of amides is 1. The van der Waals surface area contributed by atoms with E-state index in [1.54, 1.807) is 24.9 Å². The third-order valence-electron chi connectivity index (χ3n) is 2.63. The Labute approximate surface area is 105 Å². The van der Waals surface area contributed by atoms with Gasteiger partial charge in [0.1, 0.15) is 0 Å². The van der Waals surface area contributed by atoms with Crippen LogP contribution in [0, 0.1) is 0 Å². The summed E-state index contributed by atoms with van der Waals surface area (Å²) in [5.74, 6) is -0.605. The summed E-state index contributed by atoms with van der Waals surface area (Å²) in [7, 11) is 1.73. The molecule has 1 aromatic rings. The van der Waals surface area contributed by atoms with Gasteiger partial charge < -0.3 is 21.5 Å². The zero-order chi connectivity index (χ0) is 13.2. The van der Waals surface area contributed by atoms with E-state index in [-0.39, 0.29) is 18.2 Å². The molecule has 0 saturated carbocycles. The number of carbonyl (C=O) groups is 1. The number of benzene rings is 1. The molecule has 1 amide bonds. The first-order valence-electron chi connectivity index (χ1n) is 5.11. The molecule has 1 atom stereocenters. The second kappa shape index (κ2) is 5.25. The number of carbonyl (C=O) groups excluding carboxylic acids is 1. The Hall–Kier alpha value is -1.46. The van der Waals surface area contributed by atoms with E-state index in [0.717, 1.165) is 0 Å². The molecule has 17 heavy (non-hydrogen) atoms. The Kier molecular flexibility index (Phi) is 4.20. The molecule has 0 heterocycles. The number of aliphatic hydroxyl groups excluding tert-OH is 1. The Morgan fingerprint density at radius 2 is 2.18 bits per heavy atom. The third-order valence-corrected chi connectivity index (χ3v) is 2.92. The summed E-state index contributed by atoms with van der Waals surface area (Å²) >= 11 is 6.06. The van der Waals surface area contributed by atoms with Gasteiger partial charge in [-0.15, -0.1) is 0 Å². The van der Waals surface area contributed by atoms with E-state index in [1.165, 1.54) is 6.07 Å². The lowest BCUT2D eigenvalue weighted by Gasteiger charge is -2.28. The van der Waals surface area contributed by atoms with Crippen molar-refractivity contribution in [3.05, 3.63) is 22.7 Å². The zero-order valence-corrected chi connectivity index (χ0v) is 10.5. The minimum atomic E-state index is -0.605. The predicted molar refractivity (Wildman–Crippen MR) is 69.3 cm³/mol. The molecule has 5 N–H and O–H groups in total. The highest BCUT2D eigenvalue weighted by Crippen LogP contribution is 2.32. The van der Waals surface area contributed by atoms with Gasteiger partial charge in [0.25, 0.3) is 5.91 Å². The molecule has 94 valence electrons.